The minimum Gasteiger partial charge on any atom is -0.381 e. The summed E-state index contributed by atoms with van der Waals surface area (Å²) in [5.41, 5.74) is 9.02. The Kier molecular flexibility index (Phi) is 1.98. The molecule has 4 nitrogen and oxygen atoms in total. The lowest BCUT2D eigenvalue weighted by Crippen LogP contribution is -1.83. The summed E-state index contributed by atoms with van der Waals surface area (Å²) >= 11 is 0. The molecule has 0 unspecified atom stereocenters. The molecule has 0 spiro atoms. The van der Waals surface area contributed by atoms with Crippen molar-refractivity contribution in [2.75, 3.05) is 5.73 Å². The predicted molar refractivity (Wildman–Crippen MR) is 67.6 cm³/mol. The molecule has 0 radical (unpaired) electrons. The van der Waals surface area contributed by atoms with E-state index < -0.39 is 0 Å². The van der Waals surface area contributed by atoms with E-state index >= 15 is 0 Å². The van der Waals surface area contributed by atoms with Gasteiger partial charge in [-0.2, -0.15) is 0 Å². The summed E-state index contributed by atoms with van der Waals surface area (Å²) < 4.78 is 7.32. The molecule has 0 amide bonds. The highest BCUT2D eigenvalue weighted by atomic mass is 16.5. The maximum atomic E-state index is 5.59. The maximum absolute atomic E-state index is 5.59. The largest absolute Gasteiger partial charge is 0.381 e. The number of hydrogen-bond acceptors (Lipinski definition) is 3. The van der Waals surface area contributed by atoms with Crippen molar-refractivity contribution in [2.24, 2.45) is 7.05 Å². The Hall–Kier alpha value is -2.23. The van der Waals surface area contributed by atoms with Crippen LogP contribution >= 0.6 is 0 Å². The monoisotopic (exact) mass is 227 g/mol. The van der Waals surface area contributed by atoms with Gasteiger partial charge < -0.3 is 14.8 Å². The number of hydrogen-bond donors (Lipinski definition) is 1. The number of anilines is 1. The van der Waals surface area contributed by atoms with Crippen LogP contribution in [0, 0.1) is 6.92 Å². The molecule has 2 aromatic heterocycles. The molecule has 4 heteroatoms. The first-order valence-corrected chi connectivity index (χ1v) is 5.44. The minimum atomic E-state index is 0.408. The van der Waals surface area contributed by atoms with E-state index in [1.165, 1.54) is 16.5 Å². The van der Waals surface area contributed by atoms with Gasteiger partial charge in [-0.3, -0.25) is 0 Å². The predicted octanol–water partition coefficient (Wildman–Crippen LogP) is 2.72. The molecule has 0 fully saturated rings. The summed E-state index contributed by atoms with van der Waals surface area (Å²) in [5.74, 6) is 1.12. The first kappa shape index (κ1) is 9.96. The Morgan fingerprint density at radius 2 is 2.18 bits per heavy atom. The van der Waals surface area contributed by atoms with E-state index in [4.69, 9.17) is 10.3 Å². The minimum absolute atomic E-state index is 0.408. The standard InChI is InChI=1S/C13H13N3O/c1-8-4-3-5-10-13(8)9(7-16(10)2)11-6-12(14)15-17-11/h3-7H,1-2H3,(H2,14,15). The van der Waals surface area contributed by atoms with Gasteiger partial charge in [-0.05, 0) is 18.6 Å². The van der Waals surface area contributed by atoms with E-state index in [1.807, 2.05) is 13.2 Å². The fourth-order valence-electron chi connectivity index (χ4n) is 2.23. The third-order valence-electron chi connectivity index (χ3n) is 3.02. The van der Waals surface area contributed by atoms with Gasteiger partial charge in [-0.25, -0.2) is 0 Å². The fraction of sp³-hybridized carbons (Fsp3) is 0.154. The lowest BCUT2D eigenvalue weighted by atomic mass is 10.1. The Balaban J connectivity index is 2.37. The molecular formula is C13H13N3O. The van der Waals surface area contributed by atoms with Gasteiger partial charge in [-0.15, -0.1) is 0 Å². The van der Waals surface area contributed by atoms with Gasteiger partial charge in [0.2, 0.25) is 0 Å². The Labute approximate surface area is 98.6 Å². The van der Waals surface area contributed by atoms with Gasteiger partial charge in [0.15, 0.2) is 11.6 Å². The number of rotatable bonds is 1. The molecule has 0 aliphatic carbocycles. The molecule has 2 N–H and O–H groups in total. The van der Waals surface area contributed by atoms with Crippen LogP contribution in [0.3, 0.4) is 0 Å². The van der Waals surface area contributed by atoms with E-state index in [0.717, 1.165) is 5.56 Å². The van der Waals surface area contributed by atoms with E-state index in [0.29, 0.717) is 11.6 Å². The third-order valence-corrected chi connectivity index (χ3v) is 3.02. The highest BCUT2D eigenvalue weighted by Gasteiger charge is 2.14. The second-order valence-corrected chi connectivity index (χ2v) is 4.24. The molecule has 17 heavy (non-hydrogen) atoms. The molecular weight excluding hydrogens is 214 g/mol. The second kappa shape index (κ2) is 3.38. The van der Waals surface area contributed by atoms with Crippen LogP contribution in [-0.2, 0) is 7.05 Å². The molecule has 86 valence electrons. The average molecular weight is 227 g/mol. The van der Waals surface area contributed by atoms with Crippen LogP contribution in [0.25, 0.3) is 22.2 Å². The van der Waals surface area contributed by atoms with E-state index in [-0.39, 0.29) is 0 Å². The molecule has 0 saturated heterocycles. The number of aromatic nitrogens is 2. The summed E-state index contributed by atoms with van der Waals surface area (Å²) in [4.78, 5) is 0. The normalized spacial score (nSPS) is 11.2. The summed E-state index contributed by atoms with van der Waals surface area (Å²) in [6, 6.07) is 7.98. The molecule has 0 atom stereocenters. The third kappa shape index (κ3) is 1.41. The molecule has 0 aliphatic rings. The lowest BCUT2D eigenvalue weighted by Gasteiger charge is -1.99. The zero-order valence-corrected chi connectivity index (χ0v) is 9.77. The molecule has 0 bridgehead atoms. The van der Waals surface area contributed by atoms with Crippen molar-refractivity contribution < 1.29 is 4.52 Å². The second-order valence-electron chi connectivity index (χ2n) is 4.24. The van der Waals surface area contributed by atoms with Gasteiger partial charge in [0.25, 0.3) is 0 Å². The summed E-state index contributed by atoms with van der Waals surface area (Å²) in [7, 11) is 2.02. The van der Waals surface area contributed by atoms with Crippen LogP contribution in [0.5, 0.6) is 0 Å². The molecule has 3 aromatic rings. The zero-order valence-electron chi connectivity index (χ0n) is 9.77. The van der Waals surface area contributed by atoms with Crippen LogP contribution in [0.1, 0.15) is 5.56 Å². The Morgan fingerprint density at radius 1 is 1.35 bits per heavy atom. The van der Waals surface area contributed by atoms with E-state index in [1.54, 1.807) is 6.07 Å². The Morgan fingerprint density at radius 3 is 2.88 bits per heavy atom. The fourth-order valence-corrected chi connectivity index (χ4v) is 2.23. The van der Waals surface area contributed by atoms with Crippen LogP contribution in [0.15, 0.2) is 35.0 Å². The summed E-state index contributed by atoms with van der Waals surface area (Å²) in [6.45, 7) is 2.09. The van der Waals surface area contributed by atoms with E-state index in [2.05, 4.69) is 34.8 Å². The van der Waals surface area contributed by atoms with Crippen molar-refractivity contribution in [2.45, 2.75) is 6.92 Å². The summed E-state index contributed by atoms with van der Waals surface area (Å²) in [5, 5.41) is 4.92. The SMILES string of the molecule is Cc1cccc2c1c(-c1cc(N)no1)cn2C. The van der Waals surface area contributed by atoms with Gasteiger partial charge in [0, 0.05) is 35.8 Å². The van der Waals surface area contributed by atoms with Crippen molar-refractivity contribution in [3.8, 4) is 11.3 Å². The number of nitrogen functional groups attached to an aromatic ring is 1. The van der Waals surface area contributed by atoms with Gasteiger partial charge >= 0.3 is 0 Å². The number of benzene rings is 1. The van der Waals surface area contributed by atoms with Crippen molar-refractivity contribution in [3.63, 3.8) is 0 Å². The van der Waals surface area contributed by atoms with Crippen molar-refractivity contribution in [3.05, 3.63) is 36.0 Å². The number of fused-ring (bicyclic) bond motifs is 1. The van der Waals surface area contributed by atoms with Gasteiger partial charge in [-0.1, -0.05) is 17.3 Å². The topological polar surface area (TPSA) is 57.0 Å². The smallest absolute Gasteiger partial charge is 0.171 e. The number of aryl methyl sites for hydroxylation is 2. The highest BCUT2D eigenvalue weighted by molar-refractivity contribution is 5.97. The highest BCUT2D eigenvalue weighted by Crippen LogP contribution is 2.33. The molecule has 1 aromatic carbocycles. The zero-order chi connectivity index (χ0) is 12.0. The molecule has 0 aliphatic heterocycles. The van der Waals surface area contributed by atoms with E-state index in [9.17, 15) is 0 Å². The quantitative estimate of drug-likeness (QED) is 0.695. The maximum Gasteiger partial charge on any atom is 0.171 e. The van der Waals surface area contributed by atoms with Crippen molar-refractivity contribution in [1.29, 1.82) is 0 Å². The van der Waals surface area contributed by atoms with Crippen LogP contribution in [0.4, 0.5) is 5.82 Å². The average Bonchev–Trinajstić information content (AvgIpc) is 2.85. The summed E-state index contributed by atoms with van der Waals surface area (Å²) in [6.07, 6.45) is 2.04. The van der Waals surface area contributed by atoms with Crippen LogP contribution in [0.2, 0.25) is 0 Å². The Bertz CT molecular complexity index is 694. The molecule has 0 saturated carbocycles. The van der Waals surface area contributed by atoms with Crippen LogP contribution in [-0.4, -0.2) is 9.72 Å². The van der Waals surface area contributed by atoms with Crippen molar-refractivity contribution in [1.82, 2.24) is 9.72 Å². The first-order chi connectivity index (χ1) is 8.16. The van der Waals surface area contributed by atoms with Gasteiger partial charge in [0.05, 0.1) is 0 Å². The van der Waals surface area contributed by atoms with Crippen molar-refractivity contribution >= 4 is 16.7 Å². The molecule has 2 heterocycles. The van der Waals surface area contributed by atoms with Gasteiger partial charge in [0.1, 0.15) is 0 Å². The lowest BCUT2D eigenvalue weighted by molar-refractivity contribution is 0.436. The number of nitrogens with two attached hydrogens (primary N) is 1. The number of nitrogens with zero attached hydrogens (tertiary/aromatic N) is 2. The first-order valence-electron chi connectivity index (χ1n) is 5.44. The van der Waals surface area contributed by atoms with Crippen LogP contribution < -0.4 is 5.73 Å². The molecule has 3 rings (SSSR count).